The molecule has 4 aliphatic rings. The highest BCUT2D eigenvalue weighted by atomic mass is 16.6. The number of benzene rings is 1. The first-order chi connectivity index (χ1) is 12.4. The number of oxime groups is 1. The van der Waals surface area contributed by atoms with Gasteiger partial charge in [-0.3, -0.25) is 0 Å². The van der Waals surface area contributed by atoms with Crippen molar-refractivity contribution >= 4 is 5.71 Å². The van der Waals surface area contributed by atoms with E-state index >= 15 is 0 Å². The van der Waals surface area contributed by atoms with Gasteiger partial charge in [-0.25, -0.2) is 0 Å². The summed E-state index contributed by atoms with van der Waals surface area (Å²) in [5, 5.41) is 4.78. The molecule has 1 aromatic rings. The SMILES string of the molecule is c1ccc(CO/N=C2/[C@H]3C[C@H]([C@@H]4CCC[C@@H]43)[C@H]2CN2CCCC2)cc1. The van der Waals surface area contributed by atoms with Gasteiger partial charge in [0.2, 0.25) is 0 Å². The first kappa shape index (κ1) is 15.9. The number of likely N-dealkylation sites (tertiary alicyclic amines) is 1. The van der Waals surface area contributed by atoms with Gasteiger partial charge in [-0.1, -0.05) is 41.9 Å². The normalized spacial score (nSPS) is 38.6. The van der Waals surface area contributed by atoms with Crippen LogP contribution in [0.2, 0.25) is 0 Å². The topological polar surface area (TPSA) is 24.8 Å². The Morgan fingerprint density at radius 1 is 0.960 bits per heavy atom. The van der Waals surface area contributed by atoms with Crippen molar-refractivity contribution in [1.29, 1.82) is 0 Å². The molecule has 3 saturated carbocycles. The van der Waals surface area contributed by atoms with Crippen LogP contribution in [0.15, 0.2) is 35.5 Å². The lowest BCUT2D eigenvalue weighted by Gasteiger charge is -2.34. The van der Waals surface area contributed by atoms with Crippen LogP contribution >= 0.6 is 0 Å². The summed E-state index contributed by atoms with van der Waals surface area (Å²) < 4.78 is 0. The summed E-state index contributed by atoms with van der Waals surface area (Å²) in [4.78, 5) is 8.55. The van der Waals surface area contributed by atoms with Crippen LogP contribution in [0.4, 0.5) is 0 Å². The van der Waals surface area contributed by atoms with Crippen LogP contribution in [-0.2, 0) is 11.4 Å². The summed E-state index contributed by atoms with van der Waals surface area (Å²) in [6.45, 7) is 4.42. The Morgan fingerprint density at radius 2 is 1.76 bits per heavy atom. The molecule has 0 aromatic heterocycles. The molecule has 1 saturated heterocycles. The second kappa shape index (κ2) is 6.75. The lowest BCUT2D eigenvalue weighted by atomic mass is 9.74. The highest BCUT2D eigenvalue weighted by molar-refractivity contribution is 5.92. The van der Waals surface area contributed by atoms with E-state index in [1.165, 1.54) is 69.4 Å². The molecule has 3 nitrogen and oxygen atoms in total. The van der Waals surface area contributed by atoms with Crippen molar-refractivity contribution in [3.05, 3.63) is 35.9 Å². The predicted octanol–water partition coefficient (Wildman–Crippen LogP) is 4.34. The second-order valence-electron chi connectivity index (χ2n) is 8.65. The molecular formula is C22H30N2O. The zero-order chi connectivity index (χ0) is 16.6. The lowest BCUT2D eigenvalue weighted by molar-refractivity contribution is 0.122. The zero-order valence-corrected chi connectivity index (χ0v) is 15.1. The van der Waals surface area contributed by atoms with Gasteiger partial charge < -0.3 is 9.74 Å². The van der Waals surface area contributed by atoms with Crippen LogP contribution in [0, 0.1) is 29.6 Å². The average molecular weight is 338 g/mol. The Kier molecular flexibility index (Phi) is 4.29. The minimum atomic E-state index is 0.603. The largest absolute Gasteiger partial charge is 0.391 e. The smallest absolute Gasteiger partial charge is 0.142 e. The average Bonchev–Trinajstić information content (AvgIpc) is 3.39. The highest BCUT2D eigenvalue weighted by Crippen LogP contribution is 2.60. The number of hydrogen-bond donors (Lipinski definition) is 0. The minimum Gasteiger partial charge on any atom is -0.391 e. The Bertz CT molecular complexity index is 622. The Morgan fingerprint density at radius 3 is 2.60 bits per heavy atom. The molecule has 5 rings (SSSR count). The van der Waals surface area contributed by atoms with Gasteiger partial charge in [-0.15, -0.1) is 0 Å². The molecular weight excluding hydrogens is 308 g/mol. The lowest BCUT2D eigenvalue weighted by Crippen LogP contribution is -2.40. The first-order valence-corrected chi connectivity index (χ1v) is 10.4. The van der Waals surface area contributed by atoms with E-state index in [0.29, 0.717) is 12.5 Å². The third kappa shape index (κ3) is 2.91. The molecule has 1 heterocycles. The Labute approximate surface area is 151 Å². The first-order valence-electron chi connectivity index (χ1n) is 10.4. The van der Waals surface area contributed by atoms with E-state index in [1.807, 2.05) is 0 Å². The van der Waals surface area contributed by atoms with Crippen molar-refractivity contribution < 1.29 is 4.84 Å². The molecule has 3 aliphatic carbocycles. The molecule has 2 bridgehead atoms. The number of nitrogens with zero attached hydrogens (tertiary/aromatic N) is 2. The maximum atomic E-state index is 5.87. The van der Waals surface area contributed by atoms with Gasteiger partial charge in [0, 0.05) is 18.4 Å². The highest BCUT2D eigenvalue weighted by Gasteiger charge is 2.57. The fraction of sp³-hybridized carbons (Fsp3) is 0.682. The third-order valence-electron chi connectivity index (χ3n) is 7.39. The summed E-state index contributed by atoms with van der Waals surface area (Å²) in [7, 11) is 0. The Balaban J connectivity index is 1.32. The summed E-state index contributed by atoms with van der Waals surface area (Å²) in [5.74, 6) is 4.18. The fourth-order valence-corrected chi connectivity index (χ4v) is 6.35. The van der Waals surface area contributed by atoms with E-state index in [0.717, 1.165) is 23.7 Å². The van der Waals surface area contributed by atoms with Crippen molar-refractivity contribution in [1.82, 2.24) is 4.90 Å². The molecule has 0 amide bonds. The van der Waals surface area contributed by atoms with E-state index < -0.39 is 0 Å². The number of fused-ring (bicyclic) bond motifs is 5. The zero-order valence-electron chi connectivity index (χ0n) is 15.1. The molecule has 1 aromatic carbocycles. The van der Waals surface area contributed by atoms with Crippen molar-refractivity contribution in [3.8, 4) is 0 Å². The molecule has 25 heavy (non-hydrogen) atoms. The van der Waals surface area contributed by atoms with Gasteiger partial charge in [0.05, 0.1) is 5.71 Å². The van der Waals surface area contributed by atoms with Crippen molar-refractivity contribution in [2.75, 3.05) is 19.6 Å². The molecule has 134 valence electrons. The van der Waals surface area contributed by atoms with Crippen LogP contribution < -0.4 is 0 Å². The van der Waals surface area contributed by atoms with Crippen LogP contribution in [0.25, 0.3) is 0 Å². The minimum absolute atomic E-state index is 0.603. The third-order valence-corrected chi connectivity index (χ3v) is 7.39. The molecule has 0 spiro atoms. The summed E-state index contributed by atoms with van der Waals surface area (Å²) in [6.07, 6.45) is 8.49. The maximum absolute atomic E-state index is 5.87. The van der Waals surface area contributed by atoms with Gasteiger partial charge in [0.1, 0.15) is 6.61 Å². The monoisotopic (exact) mass is 338 g/mol. The molecule has 4 fully saturated rings. The van der Waals surface area contributed by atoms with Crippen molar-refractivity contribution in [3.63, 3.8) is 0 Å². The van der Waals surface area contributed by atoms with Crippen LogP contribution in [-0.4, -0.2) is 30.2 Å². The molecule has 0 N–H and O–H groups in total. The van der Waals surface area contributed by atoms with E-state index in [-0.39, 0.29) is 0 Å². The number of rotatable bonds is 5. The molecule has 1 aliphatic heterocycles. The van der Waals surface area contributed by atoms with E-state index in [1.54, 1.807) is 0 Å². The van der Waals surface area contributed by atoms with Gasteiger partial charge in [0.25, 0.3) is 0 Å². The fourth-order valence-electron chi connectivity index (χ4n) is 6.35. The summed E-state index contributed by atoms with van der Waals surface area (Å²) >= 11 is 0. The van der Waals surface area contributed by atoms with Crippen LogP contribution in [0.1, 0.15) is 44.1 Å². The standard InChI is InChI=1S/C22H30N2O/c1-2-7-16(8-3-1)15-25-23-22-20-13-19(17-9-6-10-18(17)20)21(22)14-24-11-4-5-12-24/h1-3,7-8,17-21H,4-6,9-15H2/b23-22-/t17-,18+,19-,20+,21-/m1/s1. The molecule has 0 unspecified atom stereocenters. The number of hydrogen-bond acceptors (Lipinski definition) is 3. The Hall–Kier alpha value is -1.35. The maximum Gasteiger partial charge on any atom is 0.142 e. The van der Waals surface area contributed by atoms with Crippen molar-refractivity contribution in [2.24, 2.45) is 34.7 Å². The summed E-state index contributed by atoms with van der Waals surface area (Å²) in [5.41, 5.74) is 2.64. The van der Waals surface area contributed by atoms with Gasteiger partial charge in [-0.2, -0.15) is 0 Å². The second-order valence-corrected chi connectivity index (χ2v) is 8.65. The van der Waals surface area contributed by atoms with Crippen molar-refractivity contribution in [2.45, 2.75) is 45.1 Å². The van der Waals surface area contributed by atoms with Crippen LogP contribution in [0.3, 0.4) is 0 Å². The van der Waals surface area contributed by atoms with Gasteiger partial charge >= 0.3 is 0 Å². The van der Waals surface area contributed by atoms with E-state index in [4.69, 9.17) is 9.99 Å². The van der Waals surface area contributed by atoms with Gasteiger partial charge in [-0.05, 0) is 68.5 Å². The molecule has 0 radical (unpaired) electrons. The predicted molar refractivity (Wildman–Crippen MR) is 100 cm³/mol. The van der Waals surface area contributed by atoms with Gasteiger partial charge in [0.15, 0.2) is 0 Å². The van der Waals surface area contributed by atoms with E-state index in [9.17, 15) is 0 Å². The molecule has 5 atom stereocenters. The quantitative estimate of drug-likeness (QED) is 0.746. The molecule has 3 heteroatoms. The van der Waals surface area contributed by atoms with Crippen LogP contribution in [0.5, 0.6) is 0 Å². The van der Waals surface area contributed by atoms with E-state index in [2.05, 4.69) is 35.2 Å². The summed E-state index contributed by atoms with van der Waals surface area (Å²) in [6, 6.07) is 10.4.